The van der Waals surface area contributed by atoms with Crippen LogP contribution in [0.3, 0.4) is 0 Å². The summed E-state index contributed by atoms with van der Waals surface area (Å²) >= 11 is 0. The molecule has 0 aliphatic heterocycles. The van der Waals surface area contributed by atoms with E-state index in [2.05, 4.69) is 79.5 Å². The average Bonchev–Trinajstić information content (AvgIpc) is 2.92. The quantitative estimate of drug-likeness (QED) is 0.343. The topological polar surface area (TPSA) is 23.9 Å². The second-order valence-corrected chi connectivity index (χ2v) is 9.80. The number of allylic oxidation sites excluding steroid dienone is 13. The molecule has 1 aromatic rings. The molecule has 34 heavy (non-hydrogen) atoms. The molecule has 0 aromatic heterocycles. The smallest absolute Gasteiger partial charge is 0.0182 e. The molecule has 1 N–H and O–H groups in total. The number of hydrogen-bond acceptors (Lipinski definition) is 1. The van der Waals surface area contributed by atoms with E-state index in [-0.39, 0.29) is 5.92 Å². The van der Waals surface area contributed by atoms with Crippen molar-refractivity contribution in [3.63, 3.8) is 0 Å². The third-order valence-electron chi connectivity index (χ3n) is 7.84. The van der Waals surface area contributed by atoms with Gasteiger partial charge >= 0.3 is 0 Å². The van der Waals surface area contributed by atoms with Crippen LogP contribution in [-0.4, -0.2) is 6.21 Å². The molecule has 5 rings (SSSR count). The Morgan fingerprint density at radius 2 is 1.79 bits per heavy atom. The van der Waals surface area contributed by atoms with Gasteiger partial charge in [0.15, 0.2) is 0 Å². The normalized spacial score (nSPS) is 22.8. The third-order valence-corrected chi connectivity index (χ3v) is 7.84. The lowest BCUT2D eigenvalue weighted by Crippen LogP contribution is -2.33. The Kier molecular flexibility index (Phi) is 6.90. The SMILES string of the molecule is C=CCC(C=N)C1=CC=C(C2=c3ccccc3=C(C3=CCC(C4=CC=CCC4)C=C3)CC2)CC1. The minimum absolute atomic E-state index is 0.202. The molecule has 172 valence electrons. The second-order valence-electron chi connectivity index (χ2n) is 9.80. The van der Waals surface area contributed by atoms with Crippen LogP contribution in [0.1, 0.15) is 51.4 Å². The lowest BCUT2D eigenvalue weighted by molar-refractivity contribution is 0.708. The summed E-state index contributed by atoms with van der Waals surface area (Å²) in [6, 6.07) is 9.01. The Morgan fingerprint density at radius 1 is 0.971 bits per heavy atom. The summed E-state index contributed by atoms with van der Waals surface area (Å²) in [5, 5.41) is 10.6. The van der Waals surface area contributed by atoms with Gasteiger partial charge in [0, 0.05) is 18.1 Å². The van der Waals surface area contributed by atoms with E-state index in [1.807, 2.05) is 6.08 Å². The Bertz CT molecular complexity index is 1290. The van der Waals surface area contributed by atoms with E-state index in [0.717, 1.165) is 38.5 Å². The first-order chi connectivity index (χ1) is 16.8. The molecular formula is C33H35N. The molecule has 0 fully saturated rings. The first kappa shape index (κ1) is 22.6. The van der Waals surface area contributed by atoms with Crippen LogP contribution in [0.25, 0.3) is 11.1 Å². The summed E-state index contributed by atoms with van der Waals surface area (Å²) in [7, 11) is 0. The molecule has 0 heterocycles. The van der Waals surface area contributed by atoms with Crippen LogP contribution in [0.2, 0.25) is 0 Å². The highest BCUT2D eigenvalue weighted by Gasteiger charge is 2.21. The molecule has 0 bridgehead atoms. The van der Waals surface area contributed by atoms with Crippen LogP contribution in [0.4, 0.5) is 0 Å². The number of hydrogen-bond donors (Lipinski definition) is 1. The fourth-order valence-electron chi connectivity index (χ4n) is 5.93. The number of benzene rings is 1. The van der Waals surface area contributed by atoms with Crippen molar-refractivity contribution < 1.29 is 0 Å². The molecule has 1 nitrogen and oxygen atoms in total. The zero-order valence-corrected chi connectivity index (χ0v) is 20.1. The predicted molar refractivity (Wildman–Crippen MR) is 146 cm³/mol. The number of fused-ring (bicyclic) bond motifs is 1. The van der Waals surface area contributed by atoms with Gasteiger partial charge in [0.2, 0.25) is 0 Å². The average molecular weight is 446 g/mol. The summed E-state index contributed by atoms with van der Waals surface area (Å²) in [6.07, 6.45) is 30.9. The van der Waals surface area contributed by atoms with Crippen molar-refractivity contribution in [2.45, 2.75) is 51.4 Å². The molecule has 4 aliphatic rings. The Hall–Kier alpha value is -3.19. The summed E-state index contributed by atoms with van der Waals surface area (Å²) in [5.41, 5.74) is 8.87. The maximum atomic E-state index is 7.77. The van der Waals surface area contributed by atoms with Crippen LogP contribution in [0.15, 0.2) is 108 Å². The van der Waals surface area contributed by atoms with E-state index in [4.69, 9.17) is 5.41 Å². The van der Waals surface area contributed by atoms with E-state index in [9.17, 15) is 0 Å². The van der Waals surface area contributed by atoms with Crippen molar-refractivity contribution in [3.05, 3.63) is 118 Å². The van der Waals surface area contributed by atoms with E-state index in [1.165, 1.54) is 51.1 Å². The molecule has 0 spiro atoms. The van der Waals surface area contributed by atoms with Crippen molar-refractivity contribution >= 4 is 17.4 Å². The third kappa shape index (κ3) is 4.57. The van der Waals surface area contributed by atoms with Gasteiger partial charge in [-0.2, -0.15) is 0 Å². The highest BCUT2D eigenvalue weighted by atomic mass is 14.4. The van der Waals surface area contributed by atoms with Gasteiger partial charge in [-0.3, -0.25) is 0 Å². The zero-order chi connectivity index (χ0) is 23.3. The Morgan fingerprint density at radius 3 is 2.44 bits per heavy atom. The van der Waals surface area contributed by atoms with Gasteiger partial charge in [0.1, 0.15) is 0 Å². The highest BCUT2D eigenvalue weighted by molar-refractivity contribution is 5.77. The molecule has 0 saturated heterocycles. The van der Waals surface area contributed by atoms with E-state index in [0.29, 0.717) is 5.92 Å². The van der Waals surface area contributed by atoms with Crippen LogP contribution in [-0.2, 0) is 0 Å². The predicted octanol–water partition coefficient (Wildman–Crippen LogP) is 7.05. The fourth-order valence-corrected chi connectivity index (χ4v) is 5.93. The van der Waals surface area contributed by atoms with Crippen LogP contribution >= 0.6 is 0 Å². The lowest BCUT2D eigenvalue weighted by Gasteiger charge is -2.25. The lowest BCUT2D eigenvalue weighted by atomic mass is 9.79. The van der Waals surface area contributed by atoms with Gasteiger partial charge in [-0.25, -0.2) is 0 Å². The minimum atomic E-state index is 0.202. The molecule has 0 radical (unpaired) electrons. The fraction of sp³-hybridized carbons (Fsp3) is 0.303. The molecule has 2 atom stereocenters. The molecule has 1 heteroatoms. The molecule has 1 aromatic carbocycles. The first-order valence-electron chi connectivity index (χ1n) is 12.9. The highest BCUT2D eigenvalue weighted by Crippen LogP contribution is 2.35. The number of nitrogens with one attached hydrogen (secondary N) is 1. The minimum Gasteiger partial charge on any atom is -0.312 e. The van der Waals surface area contributed by atoms with Crippen molar-refractivity contribution in [1.82, 2.24) is 0 Å². The van der Waals surface area contributed by atoms with Crippen molar-refractivity contribution in [2.75, 3.05) is 0 Å². The molecule has 0 amide bonds. The maximum Gasteiger partial charge on any atom is 0.0182 e. The maximum absolute atomic E-state index is 7.77. The van der Waals surface area contributed by atoms with E-state index < -0.39 is 0 Å². The van der Waals surface area contributed by atoms with Crippen LogP contribution in [0, 0.1) is 17.2 Å². The summed E-state index contributed by atoms with van der Waals surface area (Å²) in [5.74, 6) is 0.766. The molecular weight excluding hydrogens is 410 g/mol. The second kappa shape index (κ2) is 10.4. The van der Waals surface area contributed by atoms with Crippen LogP contribution < -0.4 is 10.4 Å². The van der Waals surface area contributed by atoms with Gasteiger partial charge < -0.3 is 5.41 Å². The summed E-state index contributed by atoms with van der Waals surface area (Å²) in [6.45, 7) is 3.86. The van der Waals surface area contributed by atoms with Gasteiger partial charge in [0.25, 0.3) is 0 Å². The molecule has 0 saturated carbocycles. The van der Waals surface area contributed by atoms with Gasteiger partial charge in [-0.15, -0.1) is 6.58 Å². The monoisotopic (exact) mass is 445 g/mol. The summed E-state index contributed by atoms with van der Waals surface area (Å²) < 4.78 is 0. The van der Waals surface area contributed by atoms with Crippen molar-refractivity contribution in [2.24, 2.45) is 11.8 Å². The Balaban J connectivity index is 1.47. The number of rotatable bonds is 7. The van der Waals surface area contributed by atoms with Crippen molar-refractivity contribution in [1.29, 1.82) is 5.41 Å². The van der Waals surface area contributed by atoms with E-state index in [1.54, 1.807) is 11.8 Å². The van der Waals surface area contributed by atoms with Gasteiger partial charge in [-0.1, -0.05) is 90.1 Å². The van der Waals surface area contributed by atoms with Gasteiger partial charge in [-0.05, 0) is 84.1 Å². The van der Waals surface area contributed by atoms with E-state index >= 15 is 0 Å². The molecule has 2 unspecified atom stereocenters. The van der Waals surface area contributed by atoms with Crippen molar-refractivity contribution in [3.8, 4) is 0 Å². The standard InChI is InChI=1S/C33H35N/c1-2-8-29(23-34)26-15-19-28(20-16-26)31-22-21-30(32-11-6-7-12-33(31)32)27-17-13-25(14-18-27)24-9-4-3-5-10-24/h2-4,6-7,9,11-13,15,17-19,23,25,29,34H,1,5,8,10,14,16,20-22H2. The Labute approximate surface area is 204 Å². The first-order valence-corrected chi connectivity index (χ1v) is 12.9. The molecule has 4 aliphatic carbocycles. The van der Waals surface area contributed by atoms with Gasteiger partial charge in [0.05, 0.1) is 0 Å². The largest absolute Gasteiger partial charge is 0.312 e. The zero-order valence-electron chi connectivity index (χ0n) is 20.1. The van der Waals surface area contributed by atoms with Crippen LogP contribution in [0.5, 0.6) is 0 Å². The summed E-state index contributed by atoms with van der Waals surface area (Å²) in [4.78, 5) is 0.